The summed E-state index contributed by atoms with van der Waals surface area (Å²) in [5.41, 5.74) is 14.9. The van der Waals surface area contributed by atoms with Crippen LogP contribution in [0, 0.1) is 0 Å². The van der Waals surface area contributed by atoms with Crippen LogP contribution < -0.4 is 9.80 Å². The Labute approximate surface area is 306 Å². The topological polar surface area (TPSA) is 6.48 Å². The fourth-order valence-corrected chi connectivity index (χ4v) is 9.11. The van der Waals surface area contributed by atoms with E-state index in [4.69, 9.17) is 0 Å². The molecule has 8 aromatic carbocycles. The van der Waals surface area contributed by atoms with Crippen LogP contribution >= 0.6 is 0 Å². The van der Waals surface area contributed by atoms with Crippen molar-refractivity contribution in [1.29, 1.82) is 0 Å². The maximum Gasteiger partial charge on any atom is 0.0543 e. The number of fused-ring (bicyclic) bond motifs is 6. The summed E-state index contributed by atoms with van der Waals surface area (Å²) in [5.74, 6) is 0. The largest absolute Gasteiger partial charge is 0.310 e. The molecule has 8 aromatic rings. The molecule has 0 spiro atoms. The van der Waals surface area contributed by atoms with E-state index in [1.54, 1.807) is 0 Å². The van der Waals surface area contributed by atoms with E-state index in [0.717, 1.165) is 17.1 Å². The molecule has 2 heteroatoms. The van der Waals surface area contributed by atoms with Crippen LogP contribution in [0.15, 0.2) is 170 Å². The molecule has 0 saturated carbocycles. The van der Waals surface area contributed by atoms with E-state index in [9.17, 15) is 0 Å². The van der Waals surface area contributed by atoms with Crippen LogP contribution in [-0.2, 0) is 10.8 Å². The van der Waals surface area contributed by atoms with Gasteiger partial charge in [-0.25, -0.2) is 0 Å². The van der Waals surface area contributed by atoms with Gasteiger partial charge in [0.05, 0.1) is 22.7 Å². The molecular formula is C50H40N2. The van der Waals surface area contributed by atoms with Gasteiger partial charge in [0.1, 0.15) is 0 Å². The standard InChI is InChI=1S/C50H40N2/c1-49(2)41-21-9-10-24-46(41)52-47-31-30-37(32-44(47)50(3,4)43-23-13-22-42(49)48(43)52)51(45-25-12-17-34-15-6-8-19-40(34)45)36-28-26-35(27-29-36)39-20-11-16-33-14-5-7-18-38(33)39/h5-32H,1-4H3. The Balaban J connectivity index is 1.18. The van der Waals surface area contributed by atoms with Gasteiger partial charge < -0.3 is 9.80 Å². The van der Waals surface area contributed by atoms with Crippen molar-refractivity contribution in [2.75, 3.05) is 9.80 Å². The third-order valence-corrected chi connectivity index (χ3v) is 11.8. The van der Waals surface area contributed by atoms with Crippen molar-refractivity contribution in [3.63, 3.8) is 0 Å². The van der Waals surface area contributed by atoms with Crippen molar-refractivity contribution < 1.29 is 0 Å². The lowest BCUT2D eigenvalue weighted by atomic mass is 9.66. The lowest BCUT2D eigenvalue weighted by Gasteiger charge is -2.49. The molecule has 0 N–H and O–H groups in total. The summed E-state index contributed by atoms with van der Waals surface area (Å²) < 4.78 is 0. The lowest BCUT2D eigenvalue weighted by molar-refractivity contribution is 0.597. The smallest absolute Gasteiger partial charge is 0.0543 e. The minimum atomic E-state index is -0.224. The number of para-hydroxylation sites is 2. The Morgan fingerprint density at radius 1 is 0.423 bits per heavy atom. The average molecular weight is 669 g/mol. The molecule has 250 valence electrons. The average Bonchev–Trinajstić information content (AvgIpc) is 3.18. The molecule has 0 radical (unpaired) electrons. The summed E-state index contributed by atoms with van der Waals surface area (Å²) in [7, 11) is 0. The fraction of sp³-hybridized carbons (Fsp3) is 0.120. The summed E-state index contributed by atoms with van der Waals surface area (Å²) >= 11 is 0. The number of anilines is 6. The second kappa shape index (κ2) is 11.2. The van der Waals surface area contributed by atoms with Crippen LogP contribution in [0.25, 0.3) is 32.7 Å². The lowest BCUT2D eigenvalue weighted by Crippen LogP contribution is -2.38. The second-order valence-corrected chi connectivity index (χ2v) is 15.4. The highest BCUT2D eigenvalue weighted by molar-refractivity contribution is 6.01. The highest BCUT2D eigenvalue weighted by Crippen LogP contribution is 2.60. The van der Waals surface area contributed by atoms with Gasteiger partial charge in [0.25, 0.3) is 0 Å². The van der Waals surface area contributed by atoms with Crippen molar-refractivity contribution in [2.24, 2.45) is 0 Å². The van der Waals surface area contributed by atoms with Crippen molar-refractivity contribution >= 4 is 55.7 Å². The van der Waals surface area contributed by atoms with Crippen LogP contribution in [0.3, 0.4) is 0 Å². The van der Waals surface area contributed by atoms with Gasteiger partial charge in [-0.2, -0.15) is 0 Å². The Hall–Kier alpha value is -6.12. The Bertz CT molecular complexity index is 2690. The Morgan fingerprint density at radius 2 is 0.962 bits per heavy atom. The molecule has 0 fully saturated rings. The highest BCUT2D eigenvalue weighted by Gasteiger charge is 2.45. The van der Waals surface area contributed by atoms with Gasteiger partial charge in [-0.3, -0.25) is 0 Å². The zero-order valence-electron chi connectivity index (χ0n) is 30.1. The number of hydrogen-bond acceptors (Lipinski definition) is 2. The van der Waals surface area contributed by atoms with Gasteiger partial charge in [-0.15, -0.1) is 0 Å². The van der Waals surface area contributed by atoms with Crippen LogP contribution in [0.4, 0.5) is 34.1 Å². The first-order valence-corrected chi connectivity index (χ1v) is 18.4. The number of benzene rings is 8. The van der Waals surface area contributed by atoms with Gasteiger partial charge in [-0.05, 0) is 92.0 Å². The van der Waals surface area contributed by atoms with E-state index in [0.29, 0.717) is 0 Å². The van der Waals surface area contributed by atoms with Crippen LogP contribution in [0.1, 0.15) is 49.9 Å². The molecule has 0 unspecified atom stereocenters. The number of rotatable bonds is 4. The number of hydrogen-bond donors (Lipinski definition) is 0. The predicted molar refractivity (Wildman–Crippen MR) is 221 cm³/mol. The Morgan fingerprint density at radius 3 is 1.73 bits per heavy atom. The molecule has 52 heavy (non-hydrogen) atoms. The molecular weight excluding hydrogens is 629 g/mol. The van der Waals surface area contributed by atoms with Gasteiger partial charge in [0.15, 0.2) is 0 Å². The third kappa shape index (κ3) is 4.37. The zero-order valence-corrected chi connectivity index (χ0v) is 30.1. The Kier molecular flexibility index (Phi) is 6.60. The van der Waals surface area contributed by atoms with Gasteiger partial charge in [0.2, 0.25) is 0 Å². The van der Waals surface area contributed by atoms with Crippen molar-refractivity contribution in [1.82, 2.24) is 0 Å². The molecule has 0 bridgehead atoms. The van der Waals surface area contributed by atoms with Crippen LogP contribution in [0.2, 0.25) is 0 Å². The molecule has 0 aromatic heterocycles. The third-order valence-electron chi connectivity index (χ3n) is 11.8. The fourth-order valence-electron chi connectivity index (χ4n) is 9.11. The summed E-state index contributed by atoms with van der Waals surface area (Å²) in [6, 6.07) is 62.8. The summed E-state index contributed by atoms with van der Waals surface area (Å²) in [6.45, 7) is 9.55. The van der Waals surface area contributed by atoms with Crippen LogP contribution in [0.5, 0.6) is 0 Å². The quantitative estimate of drug-likeness (QED) is 0.184. The molecule has 2 nitrogen and oxygen atoms in total. The van der Waals surface area contributed by atoms with E-state index in [1.165, 1.54) is 72.0 Å². The van der Waals surface area contributed by atoms with Crippen molar-refractivity contribution in [2.45, 2.75) is 38.5 Å². The van der Waals surface area contributed by atoms with E-state index in [-0.39, 0.29) is 10.8 Å². The number of nitrogens with zero attached hydrogens (tertiary/aromatic N) is 2. The van der Waals surface area contributed by atoms with Gasteiger partial charge in [-0.1, -0.05) is 155 Å². The molecule has 0 saturated heterocycles. The molecule has 2 heterocycles. The van der Waals surface area contributed by atoms with E-state index >= 15 is 0 Å². The molecule has 2 aliphatic rings. The molecule has 0 amide bonds. The monoisotopic (exact) mass is 668 g/mol. The van der Waals surface area contributed by atoms with Crippen molar-refractivity contribution in [3.05, 3.63) is 192 Å². The normalized spacial score (nSPS) is 14.8. The minimum absolute atomic E-state index is 0.102. The summed E-state index contributed by atoms with van der Waals surface area (Å²) in [5, 5.41) is 4.98. The summed E-state index contributed by atoms with van der Waals surface area (Å²) in [6.07, 6.45) is 0. The SMILES string of the molecule is CC1(C)c2ccccc2N2c3ccc(N(c4ccc(-c5cccc6ccccc56)cc4)c4cccc5ccccc45)cc3C(C)(C)c3cccc1c32. The van der Waals surface area contributed by atoms with E-state index in [1.807, 2.05) is 0 Å². The van der Waals surface area contributed by atoms with Gasteiger partial charge >= 0.3 is 0 Å². The maximum absolute atomic E-state index is 2.54. The molecule has 2 aliphatic heterocycles. The highest BCUT2D eigenvalue weighted by atomic mass is 15.2. The van der Waals surface area contributed by atoms with Gasteiger partial charge in [0, 0.05) is 27.6 Å². The zero-order chi connectivity index (χ0) is 35.2. The van der Waals surface area contributed by atoms with E-state index < -0.39 is 0 Å². The second-order valence-electron chi connectivity index (χ2n) is 15.4. The maximum atomic E-state index is 2.54. The van der Waals surface area contributed by atoms with E-state index in [2.05, 4.69) is 207 Å². The first-order valence-electron chi connectivity index (χ1n) is 18.4. The predicted octanol–water partition coefficient (Wildman–Crippen LogP) is 13.9. The summed E-state index contributed by atoms with van der Waals surface area (Å²) in [4.78, 5) is 4.99. The minimum Gasteiger partial charge on any atom is -0.310 e. The van der Waals surface area contributed by atoms with Crippen molar-refractivity contribution in [3.8, 4) is 11.1 Å². The van der Waals surface area contributed by atoms with Crippen LogP contribution in [-0.4, -0.2) is 0 Å². The first-order chi connectivity index (χ1) is 25.3. The molecule has 0 atom stereocenters. The first kappa shape index (κ1) is 30.7. The molecule has 0 aliphatic carbocycles. The molecule has 10 rings (SSSR count).